The first-order chi connectivity index (χ1) is 12.8. The van der Waals surface area contributed by atoms with Crippen molar-refractivity contribution < 1.29 is 34.2 Å². The molecule has 0 spiro atoms. The van der Waals surface area contributed by atoms with Crippen LogP contribution in [0.5, 0.6) is 0 Å². The van der Waals surface area contributed by atoms with Crippen LogP contribution in [0, 0.1) is 0 Å². The smallest absolute Gasteiger partial charge is 0.359 e. The van der Waals surface area contributed by atoms with Gasteiger partial charge >= 0.3 is 17.9 Å². The number of hydrogen-bond donors (Lipinski definition) is 3. The van der Waals surface area contributed by atoms with Crippen molar-refractivity contribution in [2.24, 2.45) is 0 Å². The molecule has 7 heteroatoms. The fourth-order valence-corrected chi connectivity index (χ4v) is 3.27. The van der Waals surface area contributed by atoms with Gasteiger partial charge in [0.1, 0.15) is 0 Å². The first kappa shape index (κ1) is 25.1. The Hall–Kier alpha value is -1.89. The van der Waals surface area contributed by atoms with Gasteiger partial charge in [-0.05, 0) is 19.3 Å². The van der Waals surface area contributed by atoms with E-state index in [0.29, 0.717) is 12.8 Å². The van der Waals surface area contributed by atoms with Crippen molar-refractivity contribution >= 4 is 17.9 Å². The molecule has 0 unspecified atom stereocenters. The minimum Gasteiger partial charge on any atom is -0.477 e. The van der Waals surface area contributed by atoms with Gasteiger partial charge < -0.3 is 15.3 Å². The van der Waals surface area contributed by atoms with Crippen LogP contribution in [0.2, 0.25) is 0 Å². The largest absolute Gasteiger partial charge is 0.477 e. The van der Waals surface area contributed by atoms with Crippen LogP contribution in [0.3, 0.4) is 0 Å². The monoisotopic (exact) mass is 386 g/mol. The van der Waals surface area contributed by atoms with Crippen molar-refractivity contribution in [3.05, 3.63) is 12.2 Å². The van der Waals surface area contributed by atoms with Crippen molar-refractivity contribution in [2.75, 3.05) is 26.2 Å². The number of quaternary nitrogens is 1. The van der Waals surface area contributed by atoms with Gasteiger partial charge in [-0.25, -0.2) is 14.4 Å². The van der Waals surface area contributed by atoms with E-state index >= 15 is 0 Å². The second-order valence-corrected chi connectivity index (χ2v) is 7.24. The molecular weight excluding hydrogens is 350 g/mol. The summed E-state index contributed by atoms with van der Waals surface area (Å²) in [6, 6.07) is 0. The topological polar surface area (TPSA) is 112 Å². The molecule has 0 amide bonds. The molecule has 0 saturated carbocycles. The third kappa shape index (κ3) is 14.9. The molecule has 0 aromatic heterocycles. The van der Waals surface area contributed by atoms with E-state index in [0.717, 1.165) is 12.8 Å². The number of hydrogen-bond acceptors (Lipinski definition) is 3. The average molecular weight is 387 g/mol. The Morgan fingerprint density at radius 1 is 0.667 bits per heavy atom. The molecule has 3 N–H and O–H groups in total. The van der Waals surface area contributed by atoms with Crippen LogP contribution in [-0.2, 0) is 14.4 Å². The Bertz CT molecular complexity index is 434. The SMILES string of the molecule is CCCCCCCCC/C=C/CCC[N+](CC(=O)O)(CC(=O)O)CC(=O)O. The molecule has 0 bridgehead atoms. The van der Waals surface area contributed by atoms with Crippen LogP contribution in [0.1, 0.15) is 71.1 Å². The van der Waals surface area contributed by atoms with E-state index in [-0.39, 0.29) is 6.54 Å². The lowest BCUT2D eigenvalue weighted by Crippen LogP contribution is -2.57. The maximum Gasteiger partial charge on any atom is 0.359 e. The van der Waals surface area contributed by atoms with E-state index in [4.69, 9.17) is 15.3 Å². The van der Waals surface area contributed by atoms with Crippen molar-refractivity contribution in [1.82, 2.24) is 0 Å². The van der Waals surface area contributed by atoms with Gasteiger partial charge in [0.05, 0.1) is 6.54 Å². The summed E-state index contributed by atoms with van der Waals surface area (Å²) in [7, 11) is 0. The molecule has 27 heavy (non-hydrogen) atoms. The molecular formula is C20H36NO6+. The lowest BCUT2D eigenvalue weighted by molar-refractivity contribution is -0.907. The number of rotatable bonds is 18. The normalized spacial score (nSPS) is 11.7. The minimum atomic E-state index is -1.19. The van der Waals surface area contributed by atoms with Crippen LogP contribution < -0.4 is 0 Å². The fourth-order valence-electron chi connectivity index (χ4n) is 3.27. The summed E-state index contributed by atoms with van der Waals surface area (Å²) in [4.78, 5) is 33.2. The zero-order valence-corrected chi connectivity index (χ0v) is 16.6. The summed E-state index contributed by atoms with van der Waals surface area (Å²) in [5.74, 6) is -3.56. The predicted octanol–water partition coefficient (Wildman–Crippen LogP) is 3.53. The highest BCUT2D eigenvalue weighted by molar-refractivity contribution is 5.73. The molecule has 0 aromatic rings. The van der Waals surface area contributed by atoms with Crippen LogP contribution in [0.4, 0.5) is 0 Å². The highest BCUT2D eigenvalue weighted by Crippen LogP contribution is 2.12. The van der Waals surface area contributed by atoms with Crippen LogP contribution in [-0.4, -0.2) is 63.9 Å². The maximum atomic E-state index is 11.1. The molecule has 0 fully saturated rings. The zero-order chi connectivity index (χ0) is 20.5. The first-order valence-electron chi connectivity index (χ1n) is 9.97. The van der Waals surface area contributed by atoms with E-state index in [1.807, 2.05) is 6.08 Å². The molecule has 0 aliphatic carbocycles. The van der Waals surface area contributed by atoms with E-state index in [2.05, 4.69) is 13.0 Å². The van der Waals surface area contributed by atoms with Crippen molar-refractivity contribution in [3.63, 3.8) is 0 Å². The average Bonchev–Trinajstić information content (AvgIpc) is 2.53. The summed E-state index contributed by atoms with van der Waals surface area (Å²) in [5, 5.41) is 27.2. The summed E-state index contributed by atoms with van der Waals surface area (Å²) >= 11 is 0. The molecule has 0 radical (unpaired) electrons. The van der Waals surface area contributed by atoms with E-state index in [1.165, 1.54) is 38.5 Å². The van der Waals surface area contributed by atoms with Gasteiger partial charge in [-0.15, -0.1) is 0 Å². The van der Waals surface area contributed by atoms with Gasteiger partial charge in [0.25, 0.3) is 0 Å². The van der Waals surface area contributed by atoms with Crippen LogP contribution >= 0.6 is 0 Å². The summed E-state index contributed by atoms with van der Waals surface area (Å²) < 4.78 is -0.467. The fraction of sp³-hybridized carbons (Fsp3) is 0.750. The lowest BCUT2D eigenvalue weighted by Gasteiger charge is -2.34. The molecule has 0 aromatic carbocycles. The van der Waals surface area contributed by atoms with Crippen LogP contribution in [0.25, 0.3) is 0 Å². The highest BCUT2D eigenvalue weighted by atomic mass is 16.4. The molecule has 156 valence electrons. The summed E-state index contributed by atoms with van der Waals surface area (Å²) in [5.41, 5.74) is 0. The summed E-state index contributed by atoms with van der Waals surface area (Å²) in [6.45, 7) is 0.923. The van der Waals surface area contributed by atoms with Crippen LogP contribution in [0.15, 0.2) is 12.2 Å². The van der Waals surface area contributed by atoms with Crippen molar-refractivity contribution in [1.29, 1.82) is 0 Å². The number of allylic oxidation sites excluding steroid dienone is 2. The highest BCUT2D eigenvalue weighted by Gasteiger charge is 2.35. The Balaban J connectivity index is 4.22. The number of carboxylic acid groups (broad SMARTS) is 3. The van der Waals surface area contributed by atoms with Crippen molar-refractivity contribution in [3.8, 4) is 0 Å². The molecule has 0 aliphatic heterocycles. The number of nitrogens with zero attached hydrogens (tertiary/aromatic N) is 1. The second kappa shape index (κ2) is 15.2. The molecule has 0 aliphatic rings. The van der Waals surface area contributed by atoms with Gasteiger partial charge in [-0.2, -0.15) is 0 Å². The van der Waals surface area contributed by atoms with Gasteiger partial charge in [-0.1, -0.05) is 57.6 Å². The predicted molar refractivity (Wildman–Crippen MR) is 104 cm³/mol. The minimum absolute atomic E-state index is 0.215. The van der Waals surface area contributed by atoms with Crippen molar-refractivity contribution in [2.45, 2.75) is 71.1 Å². The molecule has 0 atom stereocenters. The molecule has 0 saturated heterocycles. The maximum absolute atomic E-state index is 11.1. The lowest BCUT2D eigenvalue weighted by atomic mass is 10.1. The molecule has 7 nitrogen and oxygen atoms in total. The Morgan fingerprint density at radius 3 is 1.52 bits per heavy atom. The quantitative estimate of drug-likeness (QED) is 0.189. The van der Waals surface area contributed by atoms with E-state index in [1.54, 1.807) is 0 Å². The standard InChI is InChI=1S/C20H35NO6/c1-2-3-4-5-6-7-8-9-10-11-12-13-14-21(15-18(22)23,16-19(24)25)17-20(26)27/h10-11H,2-9,12-17H2,1H3,(H2-,22,23,24,25,26,27)/p+1/b11-10+. The number of carbonyl (C=O) groups is 3. The Morgan fingerprint density at radius 2 is 1.07 bits per heavy atom. The molecule has 0 rings (SSSR count). The third-order valence-corrected chi connectivity index (χ3v) is 4.56. The van der Waals surface area contributed by atoms with Gasteiger partial charge in [-0.3, -0.25) is 4.48 Å². The number of unbranched alkanes of at least 4 members (excludes halogenated alkanes) is 8. The van der Waals surface area contributed by atoms with Gasteiger partial charge in [0, 0.05) is 6.42 Å². The van der Waals surface area contributed by atoms with E-state index < -0.39 is 42.0 Å². The van der Waals surface area contributed by atoms with Gasteiger partial charge in [0.2, 0.25) is 0 Å². The molecule has 0 heterocycles. The third-order valence-electron chi connectivity index (χ3n) is 4.56. The van der Waals surface area contributed by atoms with Gasteiger partial charge in [0.15, 0.2) is 19.6 Å². The number of aliphatic carboxylic acids is 3. The number of carboxylic acids is 3. The zero-order valence-electron chi connectivity index (χ0n) is 16.6. The second-order valence-electron chi connectivity index (χ2n) is 7.24. The summed E-state index contributed by atoms with van der Waals surface area (Å²) in [6.07, 6.45) is 15.2. The Kier molecular flexibility index (Phi) is 14.1. The van der Waals surface area contributed by atoms with E-state index in [9.17, 15) is 14.4 Å². The Labute approximate surface area is 162 Å². The first-order valence-corrected chi connectivity index (χ1v) is 9.97.